The van der Waals surface area contributed by atoms with Crippen LogP contribution in [0.3, 0.4) is 0 Å². The predicted octanol–water partition coefficient (Wildman–Crippen LogP) is 19.9. The lowest BCUT2D eigenvalue weighted by molar-refractivity contribution is 0.634. The number of halogens is 2. The Kier molecular flexibility index (Phi) is 6.64. The number of hydrogen-bond acceptors (Lipinski definition) is 0. The largest absolute Gasteiger partial charge is 0.206 e. The number of benzene rings is 13. The van der Waals surface area contributed by atoms with Crippen molar-refractivity contribution in [1.29, 1.82) is 0 Å². The summed E-state index contributed by atoms with van der Waals surface area (Å²) in [5, 5.41) is 5.30. The van der Waals surface area contributed by atoms with Gasteiger partial charge in [0.05, 0.1) is 27.4 Å². The van der Waals surface area contributed by atoms with Crippen LogP contribution in [0.25, 0.3) is 132 Å². The summed E-state index contributed by atoms with van der Waals surface area (Å²) in [6, 6.07) is 28.2. The van der Waals surface area contributed by atoms with Crippen molar-refractivity contribution in [2.75, 3.05) is 0 Å². The number of fused-ring (bicyclic) bond motifs is 4. The fourth-order valence-electron chi connectivity index (χ4n) is 10.1. The summed E-state index contributed by atoms with van der Waals surface area (Å²) in [5.41, 5.74) is 0.432. The Balaban J connectivity index is 1.05. The lowest BCUT2D eigenvalue weighted by atomic mass is 9.82. The zero-order valence-electron chi connectivity index (χ0n) is 57.6. The molecule has 13 rings (SSSR count). The van der Waals surface area contributed by atoms with Crippen LogP contribution in [0.4, 0.5) is 8.78 Å². The third-order valence-electron chi connectivity index (χ3n) is 13.2. The van der Waals surface area contributed by atoms with Crippen LogP contribution in [-0.4, -0.2) is 0 Å². The molecule has 0 aliphatic heterocycles. The molecule has 0 fully saturated rings. The van der Waals surface area contributed by atoms with Gasteiger partial charge in [-0.1, -0.05) is 242 Å². The third-order valence-corrected chi connectivity index (χ3v) is 13.2. The summed E-state index contributed by atoms with van der Waals surface area (Å²) in [6.07, 6.45) is 0. The molecule has 72 heavy (non-hydrogen) atoms. The van der Waals surface area contributed by atoms with Crippen LogP contribution >= 0.6 is 0 Å². The highest BCUT2D eigenvalue weighted by atomic mass is 19.1. The lowest BCUT2D eigenvalue weighted by Crippen LogP contribution is -1.96. The normalized spacial score (nSPS) is 15.4. The molecule has 0 amide bonds. The summed E-state index contributed by atoms with van der Waals surface area (Å²) < 4.78 is 209. The molecule has 0 atom stereocenters. The predicted molar refractivity (Wildman–Crippen MR) is 300 cm³/mol. The third kappa shape index (κ3) is 7.27. The summed E-state index contributed by atoms with van der Waals surface area (Å²) in [7, 11) is 0. The molecule has 0 heterocycles. The molecule has 0 radical (unpaired) electrons. The summed E-state index contributed by atoms with van der Waals surface area (Å²) >= 11 is 0. The fraction of sp³-hybridized carbons (Fsp3) is 0. The Bertz CT molecular complexity index is 4950. The molecule has 0 bridgehead atoms. The van der Waals surface area contributed by atoms with E-state index in [4.69, 9.17) is 27.4 Å². The van der Waals surface area contributed by atoms with Crippen molar-refractivity contribution in [2.24, 2.45) is 0 Å². The van der Waals surface area contributed by atoms with Gasteiger partial charge in [-0.3, -0.25) is 0 Å². The van der Waals surface area contributed by atoms with Gasteiger partial charge in [-0.2, -0.15) is 0 Å². The fourth-order valence-corrected chi connectivity index (χ4v) is 10.1. The average Bonchev–Trinajstić information content (AvgIpc) is 0.752. The first-order chi connectivity index (χ1) is 43.9. The van der Waals surface area contributed by atoms with Crippen LogP contribution in [0.2, 0.25) is 0 Å². The van der Waals surface area contributed by atoms with Crippen molar-refractivity contribution in [3.8, 4) is 89.0 Å². The van der Waals surface area contributed by atoms with Crippen LogP contribution in [0.1, 0.15) is 27.4 Å². The smallest absolute Gasteiger partial charge is 0.138 e. The van der Waals surface area contributed by atoms with Gasteiger partial charge in [0.2, 0.25) is 0 Å². The van der Waals surface area contributed by atoms with Crippen LogP contribution in [0.5, 0.6) is 0 Å². The highest BCUT2D eigenvalue weighted by Crippen LogP contribution is 2.50. The maximum atomic E-state index is 18.0. The topological polar surface area (TPSA) is 0 Å². The standard InChI is InChI=1S/C70H44F2/c71-69-63(47-25-9-3-10-26-47)41-49(45-21-5-1-6-22-45)43-65(69)55-37-39-61(53-31-15-13-29-51(53)55)67-57-33-17-19-35-59(57)68(60-36-20-18-34-58(60)67)62-40-38-56(52-30-14-16-32-54(52)62)66-44-50(46-23-7-2-8-24-46)42-64(70(66)72)48-27-11-4-12-28-48/h1-44H/i1D,2D,3D,4D,5D,6D,7D,8D,9D,10D,11D,12D,21D,22D,23D,24D,25D,26D,27D,28D. The lowest BCUT2D eigenvalue weighted by Gasteiger charge is -2.21. The van der Waals surface area contributed by atoms with Gasteiger partial charge in [0.15, 0.2) is 0 Å². The van der Waals surface area contributed by atoms with Crippen LogP contribution in [-0.2, 0) is 0 Å². The Morgan fingerprint density at radius 3 is 0.792 bits per heavy atom. The number of hydrogen-bond donors (Lipinski definition) is 0. The van der Waals surface area contributed by atoms with E-state index in [0.29, 0.717) is 32.7 Å². The average molecular weight is 943 g/mol. The van der Waals surface area contributed by atoms with E-state index in [1.807, 2.05) is 84.9 Å². The Labute approximate surface area is 445 Å². The second kappa shape index (κ2) is 17.9. The SMILES string of the molecule is [2H]c1c([2H])c([2H])c(-c2cc(-c3c([2H])c([2H])c([2H])c([2H])c3[2H])c(F)c(-c3ccc(-c4c5ccccc5c(-c5ccc(-c6cc(-c7c([2H])c([2H])c([2H])c([2H])c7[2H])cc(-c7c([2H])c([2H])c([2H])c([2H])c7[2H])c6F)c6ccccc56)c5ccccc45)c4ccccc34)c2)c([2H])c1[2H]. The van der Waals surface area contributed by atoms with E-state index >= 15 is 8.78 Å². The molecule has 0 aromatic heterocycles. The number of rotatable bonds is 8. The molecule has 13 aromatic carbocycles. The van der Waals surface area contributed by atoms with E-state index < -0.39 is 155 Å². The molecule has 0 aliphatic carbocycles. The van der Waals surface area contributed by atoms with Gasteiger partial charge in [0.1, 0.15) is 11.6 Å². The Morgan fingerprint density at radius 1 is 0.222 bits per heavy atom. The van der Waals surface area contributed by atoms with Crippen LogP contribution < -0.4 is 0 Å². The summed E-state index contributed by atoms with van der Waals surface area (Å²) in [5.74, 6) is -2.01. The van der Waals surface area contributed by atoms with Crippen molar-refractivity contribution >= 4 is 43.1 Å². The maximum absolute atomic E-state index is 18.0. The minimum atomic E-state index is -1.00. The molecule has 338 valence electrons. The van der Waals surface area contributed by atoms with Crippen molar-refractivity contribution in [1.82, 2.24) is 0 Å². The molecule has 0 unspecified atom stereocenters. The minimum Gasteiger partial charge on any atom is -0.206 e. The van der Waals surface area contributed by atoms with Gasteiger partial charge in [-0.05, 0) is 134 Å². The molecule has 0 saturated heterocycles. The second-order valence-corrected chi connectivity index (χ2v) is 17.0. The molecule has 13 aromatic rings. The van der Waals surface area contributed by atoms with Gasteiger partial charge in [0, 0.05) is 22.3 Å². The second-order valence-electron chi connectivity index (χ2n) is 17.0. The maximum Gasteiger partial charge on any atom is 0.138 e. The zero-order chi connectivity index (χ0) is 65.5. The first-order valence-corrected chi connectivity index (χ1v) is 22.8. The van der Waals surface area contributed by atoms with Gasteiger partial charge in [-0.15, -0.1) is 0 Å². The van der Waals surface area contributed by atoms with Crippen LogP contribution in [0.15, 0.2) is 266 Å². The van der Waals surface area contributed by atoms with Crippen molar-refractivity contribution in [3.05, 3.63) is 278 Å². The Morgan fingerprint density at radius 2 is 0.472 bits per heavy atom. The minimum absolute atomic E-state index is 0.0772. The van der Waals surface area contributed by atoms with Crippen LogP contribution in [0, 0.1) is 11.6 Å². The van der Waals surface area contributed by atoms with E-state index in [2.05, 4.69) is 0 Å². The van der Waals surface area contributed by atoms with Gasteiger partial charge in [-0.25, -0.2) is 8.78 Å². The quantitative estimate of drug-likeness (QED) is 0.133. The highest BCUT2D eigenvalue weighted by Gasteiger charge is 2.24. The first-order valence-electron chi connectivity index (χ1n) is 32.8. The van der Waals surface area contributed by atoms with Gasteiger partial charge < -0.3 is 0 Å². The zero-order valence-corrected chi connectivity index (χ0v) is 37.6. The van der Waals surface area contributed by atoms with E-state index in [1.165, 1.54) is 12.1 Å². The monoisotopic (exact) mass is 942 g/mol. The molecular weight excluding hydrogens is 879 g/mol. The molecule has 0 nitrogen and oxygen atoms in total. The molecule has 0 N–H and O–H groups in total. The summed E-state index contributed by atoms with van der Waals surface area (Å²) in [6.45, 7) is 0. The molecule has 0 spiro atoms. The Hall–Kier alpha value is -9.24. The van der Waals surface area contributed by atoms with E-state index in [-0.39, 0.29) is 44.5 Å². The van der Waals surface area contributed by atoms with E-state index in [9.17, 15) is 0 Å². The van der Waals surface area contributed by atoms with E-state index in [1.54, 1.807) is 36.4 Å². The van der Waals surface area contributed by atoms with Crippen molar-refractivity contribution in [2.45, 2.75) is 0 Å². The first kappa shape index (κ1) is 26.7. The van der Waals surface area contributed by atoms with Gasteiger partial charge in [0.25, 0.3) is 0 Å². The van der Waals surface area contributed by atoms with E-state index in [0.717, 1.165) is 44.8 Å². The highest BCUT2D eigenvalue weighted by molar-refractivity contribution is 6.26. The van der Waals surface area contributed by atoms with Crippen molar-refractivity contribution < 1.29 is 36.2 Å². The van der Waals surface area contributed by atoms with Crippen molar-refractivity contribution in [3.63, 3.8) is 0 Å². The molecule has 0 aliphatic rings. The summed E-state index contributed by atoms with van der Waals surface area (Å²) in [4.78, 5) is 0. The molecule has 0 saturated carbocycles. The van der Waals surface area contributed by atoms with Gasteiger partial charge >= 0.3 is 0 Å². The molecular formula is C70H44F2. The molecule has 2 heteroatoms.